The predicted octanol–water partition coefficient (Wildman–Crippen LogP) is 4.16. The van der Waals surface area contributed by atoms with E-state index in [2.05, 4.69) is 25.2 Å². The number of aryl methyl sites for hydroxylation is 1. The van der Waals surface area contributed by atoms with Crippen molar-refractivity contribution in [1.82, 2.24) is 19.9 Å². The Morgan fingerprint density at radius 1 is 1.12 bits per heavy atom. The van der Waals surface area contributed by atoms with Gasteiger partial charge in [0.1, 0.15) is 29.3 Å². The molecule has 6 rings (SSSR count). The highest BCUT2D eigenvalue weighted by Crippen LogP contribution is 2.42. The van der Waals surface area contributed by atoms with Crippen LogP contribution in [0.3, 0.4) is 0 Å². The average Bonchev–Trinajstić information content (AvgIpc) is 3.48. The van der Waals surface area contributed by atoms with Crippen molar-refractivity contribution in [3.63, 3.8) is 0 Å². The third-order valence-electron chi connectivity index (χ3n) is 7.31. The van der Waals surface area contributed by atoms with E-state index >= 15 is 4.39 Å². The number of hydrogen-bond donors (Lipinski definition) is 2. The molecule has 2 aromatic heterocycles. The van der Waals surface area contributed by atoms with Crippen LogP contribution >= 0.6 is 0 Å². The molecule has 10 heteroatoms. The van der Waals surface area contributed by atoms with E-state index in [-0.39, 0.29) is 28.7 Å². The molecule has 4 atom stereocenters. The van der Waals surface area contributed by atoms with Gasteiger partial charge in [-0.15, -0.1) is 0 Å². The maximum absolute atomic E-state index is 15.1. The molecule has 4 heterocycles. The molecule has 1 aliphatic carbocycles. The molecule has 0 radical (unpaired) electrons. The molecule has 0 spiro atoms. The molecule has 4 unspecified atom stereocenters. The normalized spacial score (nSPS) is 27.6. The van der Waals surface area contributed by atoms with Crippen molar-refractivity contribution in [1.29, 1.82) is 0 Å². The summed E-state index contributed by atoms with van der Waals surface area (Å²) in [6, 6.07) is 5.62. The number of aromatic amines is 1. The Morgan fingerprint density at radius 2 is 1.91 bits per heavy atom. The standard InChI is InChI=1S/C23H23F4N5O/c24-16-3-1-2-12-4-5-17(32-7-13-9-33-10-14(13)8-32)20(19(12)16)31-22-15-6-18(23(25,26)27)30-21(15)28-11-29-22/h1-3,6,11,13-14,17,20H,4-5,7-10H2,(H2,28,29,30,31). The van der Waals surface area contributed by atoms with Gasteiger partial charge in [-0.05, 0) is 30.5 Å². The van der Waals surface area contributed by atoms with Crippen LogP contribution in [0.4, 0.5) is 23.4 Å². The van der Waals surface area contributed by atoms with Gasteiger partial charge in [0, 0.05) is 36.5 Å². The summed E-state index contributed by atoms with van der Waals surface area (Å²) in [5, 5.41) is 3.56. The summed E-state index contributed by atoms with van der Waals surface area (Å²) in [7, 11) is 0. The lowest BCUT2D eigenvalue weighted by atomic mass is 9.82. The highest BCUT2D eigenvalue weighted by Gasteiger charge is 2.44. The number of anilines is 1. The fourth-order valence-corrected chi connectivity index (χ4v) is 5.72. The molecule has 2 aliphatic heterocycles. The van der Waals surface area contributed by atoms with Gasteiger partial charge in [-0.2, -0.15) is 13.2 Å². The van der Waals surface area contributed by atoms with E-state index in [1.807, 2.05) is 6.07 Å². The van der Waals surface area contributed by atoms with Crippen LogP contribution < -0.4 is 5.32 Å². The van der Waals surface area contributed by atoms with Gasteiger partial charge >= 0.3 is 6.18 Å². The van der Waals surface area contributed by atoms with Crippen molar-refractivity contribution < 1.29 is 22.3 Å². The second-order valence-corrected chi connectivity index (χ2v) is 9.22. The number of nitrogens with zero attached hydrogens (tertiary/aromatic N) is 3. The van der Waals surface area contributed by atoms with Gasteiger partial charge in [0.2, 0.25) is 0 Å². The number of benzene rings is 1. The second-order valence-electron chi connectivity index (χ2n) is 9.22. The van der Waals surface area contributed by atoms with Gasteiger partial charge < -0.3 is 15.0 Å². The maximum Gasteiger partial charge on any atom is 0.431 e. The van der Waals surface area contributed by atoms with Gasteiger partial charge in [-0.3, -0.25) is 4.90 Å². The lowest BCUT2D eigenvalue weighted by molar-refractivity contribution is -0.140. The number of halogens is 4. The lowest BCUT2D eigenvalue weighted by Gasteiger charge is -2.40. The van der Waals surface area contributed by atoms with E-state index in [0.29, 0.717) is 17.4 Å². The Hall–Kier alpha value is -2.72. The van der Waals surface area contributed by atoms with E-state index in [1.165, 1.54) is 12.4 Å². The van der Waals surface area contributed by atoms with E-state index in [9.17, 15) is 13.2 Å². The Balaban J connectivity index is 1.40. The number of aromatic nitrogens is 3. The third kappa shape index (κ3) is 3.56. The number of alkyl halides is 3. The molecule has 1 aromatic carbocycles. The third-order valence-corrected chi connectivity index (χ3v) is 7.31. The molecular weight excluding hydrogens is 438 g/mol. The Bertz CT molecular complexity index is 1180. The van der Waals surface area contributed by atoms with E-state index in [1.54, 1.807) is 6.07 Å². The molecule has 6 nitrogen and oxygen atoms in total. The molecule has 0 saturated carbocycles. The Morgan fingerprint density at radius 3 is 2.67 bits per heavy atom. The summed E-state index contributed by atoms with van der Waals surface area (Å²) in [6.45, 7) is 3.23. The molecule has 33 heavy (non-hydrogen) atoms. The Labute approximate surface area is 187 Å². The first-order chi connectivity index (χ1) is 15.9. The van der Waals surface area contributed by atoms with E-state index < -0.39 is 17.9 Å². The van der Waals surface area contributed by atoms with Crippen molar-refractivity contribution in [2.75, 3.05) is 31.6 Å². The Kier molecular flexibility index (Phi) is 4.84. The largest absolute Gasteiger partial charge is 0.431 e. The number of ether oxygens (including phenoxy) is 1. The molecular formula is C23H23F4N5O. The van der Waals surface area contributed by atoms with Crippen molar-refractivity contribution >= 4 is 16.9 Å². The highest BCUT2D eigenvalue weighted by atomic mass is 19.4. The number of rotatable bonds is 3. The SMILES string of the molecule is Fc1cccc2c1C(Nc1ncnc3[nH]c(C(F)(F)F)cc13)C(N1CC3COCC3C1)CC2. The van der Waals surface area contributed by atoms with E-state index in [0.717, 1.165) is 50.8 Å². The number of fused-ring (bicyclic) bond motifs is 3. The average molecular weight is 461 g/mol. The van der Waals surface area contributed by atoms with Gasteiger partial charge in [0.15, 0.2) is 0 Å². The van der Waals surface area contributed by atoms with Crippen LogP contribution in [0.15, 0.2) is 30.6 Å². The first-order valence-corrected chi connectivity index (χ1v) is 11.1. The number of likely N-dealkylation sites (tertiary alicyclic amines) is 1. The zero-order valence-corrected chi connectivity index (χ0v) is 17.7. The molecule has 3 aliphatic rings. The van der Waals surface area contributed by atoms with Crippen LogP contribution in [0.5, 0.6) is 0 Å². The molecule has 2 N–H and O–H groups in total. The summed E-state index contributed by atoms with van der Waals surface area (Å²) in [5.74, 6) is 0.892. The van der Waals surface area contributed by atoms with Crippen LogP contribution in [-0.4, -0.2) is 52.2 Å². The summed E-state index contributed by atoms with van der Waals surface area (Å²) in [5.41, 5.74) is 0.691. The van der Waals surface area contributed by atoms with Crippen LogP contribution in [-0.2, 0) is 17.3 Å². The first-order valence-electron chi connectivity index (χ1n) is 11.1. The van der Waals surface area contributed by atoms with Crippen LogP contribution in [0, 0.1) is 17.7 Å². The van der Waals surface area contributed by atoms with Gasteiger partial charge in [0.05, 0.1) is 24.6 Å². The smallest absolute Gasteiger partial charge is 0.381 e. The fourth-order valence-electron chi connectivity index (χ4n) is 5.72. The van der Waals surface area contributed by atoms with Crippen LogP contribution in [0.2, 0.25) is 0 Å². The zero-order valence-electron chi connectivity index (χ0n) is 17.7. The second kappa shape index (κ2) is 7.66. The summed E-state index contributed by atoms with van der Waals surface area (Å²) in [6.07, 6.45) is -1.73. The van der Waals surface area contributed by atoms with Crippen molar-refractivity contribution in [2.45, 2.75) is 31.1 Å². The highest BCUT2D eigenvalue weighted by molar-refractivity contribution is 5.88. The van der Waals surface area contributed by atoms with E-state index in [4.69, 9.17) is 4.74 Å². The summed E-state index contributed by atoms with van der Waals surface area (Å²) in [4.78, 5) is 12.9. The maximum atomic E-state index is 15.1. The number of hydrogen-bond acceptors (Lipinski definition) is 5. The molecule has 0 bridgehead atoms. The quantitative estimate of drug-likeness (QED) is 0.574. The van der Waals surface area contributed by atoms with Crippen molar-refractivity contribution in [3.8, 4) is 0 Å². The number of H-pyrrole nitrogens is 1. The van der Waals surface area contributed by atoms with Crippen molar-refractivity contribution in [2.24, 2.45) is 11.8 Å². The first kappa shape index (κ1) is 20.9. The minimum atomic E-state index is -4.53. The molecule has 0 amide bonds. The van der Waals surface area contributed by atoms with Crippen molar-refractivity contribution in [3.05, 3.63) is 53.2 Å². The van der Waals surface area contributed by atoms with Crippen LogP contribution in [0.1, 0.15) is 29.3 Å². The predicted molar refractivity (Wildman–Crippen MR) is 113 cm³/mol. The van der Waals surface area contributed by atoms with Crippen LogP contribution in [0.25, 0.3) is 11.0 Å². The molecule has 2 fully saturated rings. The molecule has 2 saturated heterocycles. The number of nitrogens with one attached hydrogen (secondary N) is 2. The monoisotopic (exact) mass is 461 g/mol. The van der Waals surface area contributed by atoms with Gasteiger partial charge in [-0.25, -0.2) is 14.4 Å². The molecule has 3 aromatic rings. The zero-order chi connectivity index (χ0) is 22.7. The molecule has 174 valence electrons. The fraction of sp³-hybridized carbons (Fsp3) is 0.478. The van der Waals surface area contributed by atoms with Gasteiger partial charge in [-0.1, -0.05) is 12.1 Å². The lowest BCUT2D eigenvalue weighted by Crippen LogP contribution is -2.45. The minimum absolute atomic E-state index is 0.00829. The van der Waals surface area contributed by atoms with Gasteiger partial charge in [0.25, 0.3) is 0 Å². The minimum Gasteiger partial charge on any atom is -0.381 e. The summed E-state index contributed by atoms with van der Waals surface area (Å²) >= 11 is 0. The summed E-state index contributed by atoms with van der Waals surface area (Å²) < 4.78 is 60.6. The topological polar surface area (TPSA) is 66.1 Å².